The lowest BCUT2D eigenvalue weighted by Crippen LogP contribution is -2.55. The molecule has 3 amide bonds. The Kier molecular flexibility index (Phi) is 8.22. The normalized spacial score (nSPS) is 20.9. The van der Waals surface area contributed by atoms with Crippen molar-refractivity contribution in [2.75, 3.05) is 54.6 Å². The van der Waals surface area contributed by atoms with Crippen molar-refractivity contribution in [3.05, 3.63) is 53.6 Å². The monoisotopic (exact) mass is 516 g/mol. The zero-order chi connectivity index (χ0) is 24.4. The molecule has 3 aliphatic heterocycles. The van der Waals surface area contributed by atoms with Gasteiger partial charge < -0.3 is 35.0 Å². The van der Waals surface area contributed by atoms with Crippen LogP contribution in [0.3, 0.4) is 0 Å². The lowest BCUT2D eigenvalue weighted by Gasteiger charge is -2.35. The number of anilines is 3. The third kappa shape index (κ3) is 5.37. The average Bonchev–Trinajstić information content (AvgIpc) is 2.88. The van der Waals surface area contributed by atoms with E-state index < -0.39 is 24.0 Å². The molecule has 3 heterocycles. The van der Waals surface area contributed by atoms with Crippen LogP contribution in [0, 0.1) is 0 Å². The van der Waals surface area contributed by atoms with Gasteiger partial charge in [0.15, 0.2) is 12.2 Å². The maximum Gasteiger partial charge on any atom is 0.259 e. The van der Waals surface area contributed by atoms with E-state index in [1.54, 1.807) is 35.2 Å². The predicted molar refractivity (Wildman–Crippen MR) is 135 cm³/mol. The average molecular weight is 517 g/mol. The number of morpholine rings is 2. The molecule has 36 heavy (non-hydrogen) atoms. The molecule has 2 aromatic rings. The summed E-state index contributed by atoms with van der Waals surface area (Å²) in [6, 6.07) is 12.7. The van der Waals surface area contributed by atoms with E-state index in [9.17, 15) is 19.5 Å². The Hall–Kier alpha value is -3.02. The summed E-state index contributed by atoms with van der Waals surface area (Å²) in [4.78, 5) is 41.3. The first-order chi connectivity index (χ1) is 17.0. The molecule has 0 bridgehead atoms. The zero-order valence-corrected chi connectivity index (χ0v) is 20.5. The van der Waals surface area contributed by atoms with Crippen LogP contribution in [-0.4, -0.2) is 74.5 Å². The molecule has 2 atom stereocenters. The highest BCUT2D eigenvalue weighted by Crippen LogP contribution is 2.27. The fraction of sp³-hybridized carbons (Fsp3) is 0.400. The smallest absolute Gasteiger partial charge is 0.259 e. The molecule has 0 radical (unpaired) electrons. The molecule has 3 N–H and O–H groups in total. The molecule has 0 saturated carbocycles. The number of halogens is 1. The highest BCUT2D eigenvalue weighted by molar-refractivity contribution is 6.04. The number of aliphatic hydroxyl groups excluding tert-OH is 1. The van der Waals surface area contributed by atoms with Gasteiger partial charge in [-0.3, -0.25) is 14.4 Å². The summed E-state index contributed by atoms with van der Waals surface area (Å²) in [7, 11) is 0. The number of hydrogen-bond acceptors (Lipinski definition) is 7. The van der Waals surface area contributed by atoms with Crippen molar-refractivity contribution in [1.82, 2.24) is 5.32 Å². The van der Waals surface area contributed by atoms with Crippen molar-refractivity contribution in [1.29, 1.82) is 0 Å². The Balaban J connectivity index is 0.00000304. The Morgan fingerprint density at radius 3 is 2.64 bits per heavy atom. The molecular formula is C25H29ClN4O6. The van der Waals surface area contributed by atoms with Crippen LogP contribution in [0.2, 0.25) is 0 Å². The van der Waals surface area contributed by atoms with E-state index in [2.05, 4.69) is 10.6 Å². The lowest BCUT2D eigenvalue weighted by atomic mass is 10.0. The van der Waals surface area contributed by atoms with Crippen molar-refractivity contribution in [2.24, 2.45) is 0 Å². The largest absolute Gasteiger partial charge is 0.380 e. The number of benzene rings is 2. The molecule has 2 fully saturated rings. The van der Waals surface area contributed by atoms with Gasteiger partial charge in [-0.15, -0.1) is 12.4 Å². The van der Waals surface area contributed by atoms with E-state index >= 15 is 0 Å². The maximum atomic E-state index is 13.2. The first-order valence-corrected chi connectivity index (χ1v) is 11.7. The van der Waals surface area contributed by atoms with Crippen molar-refractivity contribution in [3.63, 3.8) is 0 Å². The SMILES string of the molecule is Cl.O=C(Nc1ccc2c(c1)CCNC2)[C@H](O)[C@H]1OCCN(c2cccc(N3CCOCC3=O)c2)C1=O. The Morgan fingerprint density at radius 1 is 1.06 bits per heavy atom. The maximum absolute atomic E-state index is 13.2. The summed E-state index contributed by atoms with van der Waals surface area (Å²) in [5.74, 6) is -1.36. The summed E-state index contributed by atoms with van der Waals surface area (Å²) < 4.78 is 10.7. The van der Waals surface area contributed by atoms with Gasteiger partial charge in [-0.25, -0.2) is 0 Å². The van der Waals surface area contributed by atoms with Crippen LogP contribution < -0.4 is 20.4 Å². The van der Waals surface area contributed by atoms with Gasteiger partial charge in [0.25, 0.3) is 17.7 Å². The second-order valence-electron chi connectivity index (χ2n) is 8.74. The van der Waals surface area contributed by atoms with Gasteiger partial charge in [-0.05, 0) is 54.4 Å². The van der Waals surface area contributed by atoms with E-state index in [1.807, 2.05) is 12.1 Å². The molecule has 0 aliphatic carbocycles. The van der Waals surface area contributed by atoms with Crippen LogP contribution in [0.4, 0.5) is 17.1 Å². The standard InChI is InChI=1S/C25H28N4O6.ClH/c30-21-15-34-10-8-28(21)19-2-1-3-20(13-19)29-9-11-35-23(25(29)33)22(31)24(32)27-18-5-4-17-14-26-7-6-16(17)12-18;/h1-5,12-13,22-23,26,31H,6-11,14-15H2,(H,27,32);1H/t22-,23-;/m1./s1. The zero-order valence-electron chi connectivity index (χ0n) is 19.6. The van der Waals surface area contributed by atoms with Crippen molar-refractivity contribution < 1.29 is 29.0 Å². The summed E-state index contributed by atoms with van der Waals surface area (Å²) in [5.41, 5.74) is 4.12. The van der Waals surface area contributed by atoms with E-state index in [0.717, 1.165) is 25.1 Å². The van der Waals surface area contributed by atoms with Crippen molar-refractivity contribution in [2.45, 2.75) is 25.2 Å². The van der Waals surface area contributed by atoms with Gasteiger partial charge in [0.2, 0.25) is 0 Å². The first-order valence-electron chi connectivity index (χ1n) is 11.7. The number of amides is 3. The van der Waals surface area contributed by atoms with Gasteiger partial charge >= 0.3 is 0 Å². The predicted octanol–water partition coefficient (Wildman–Crippen LogP) is 0.849. The Labute approximate surface area is 214 Å². The van der Waals surface area contributed by atoms with Gasteiger partial charge in [0, 0.05) is 36.7 Å². The molecule has 0 spiro atoms. The number of rotatable bonds is 5. The minimum Gasteiger partial charge on any atom is -0.380 e. The third-order valence-corrected chi connectivity index (χ3v) is 6.48. The Bertz CT molecular complexity index is 1150. The molecule has 11 heteroatoms. The Morgan fingerprint density at radius 2 is 1.83 bits per heavy atom. The quantitative estimate of drug-likeness (QED) is 0.539. The molecule has 2 aromatic carbocycles. The van der Waals surface area contributed by atoms with Crippen LogP contribution in [0.5, 0.6) is 0 Å². The summed E-state index contributed by atoms with van der Waals surface area (Å²) in [6.07, 6.45) is -2.15. The molecule has 0 unspecified atom stereocenters. The third-order valence-electron chi connectivity index (χ3n) is 6.48. The van der Waals surface area contributed by atoms with E-state index in [-0.39, 0.29) is 38.1 Å². The van der Waals surface area contributed by atoms with E-state index in [0.29, 0.717) is 30.2 Å². The number of nitrogens with one attached hydrogen (secondary N) is 2. The number of carbonyl (C=O) groups excluding carboxylic acids is 3. The van der Waals surface area contributed by atoms with Gasteiger partial charge in [0.1, 0.15) is 6.61 Å². The topological polar surface area (TPSA) is 120 Å². The minimum atomic E-state index is -1.67. The summed E-state index contributed by atoms with van der Waals surface area (Å²) in [5, 5.41) is 16.7. The minimum absolute atomic E-state index is 0. The van der Waals surface area contributed by atoms with Gasteiger partial charge in [-0.1, -0.05) is 12.1 Å². The molecular weight excluding hydrogens is 488 g/mol. The first kappa shape index (κ1) is 26.1. The molecule has 192 valence electrons. The fourth-order valence-electron chi connectivity index (χ4n) is 4.62. The second-order valence-corrected chi connectivity index (χ2v) is 8.74. The van der Waals surface area contributed by atoms with Gasteiger partial charge in [-0.2, -0.15) is 0 Å². The van der Waals surface area contributed by atoms with Crippen LogP contribution >= 0.6 is 12.4 Å². The molecule has 5 rings (SSSR count). The molecule has 10 nitrogen and oxygen atoms in total. The number of ether oxygens (including phenoxy) is 2. The fourth-order valence-corrected chi connectivity index (χ4v) is 4.62. The number of aliphatic hydroxyl groups is 1. The molecule has 0 aromatic heterocycles. The second kappa shape index (κ2) is 11.4. The van der Waals surface area contributed by atoms with Crippen LogP contribution in [0.15, 0.2) is 42.5 Å². The lowest BCUT2D eigenvalue weighted by molar-refractivity contribution is -0.150. The van der Waals surface area contributed by atoms with Crippen molar-refractivity contribution >= 4 is 47.2 Å². The molecule has 3 aliphatic rings. The van der Waals surface area contributed by atoms with Crippen molar-refractivity contribution in [3.8, 4) is 0 Å². The number of hydrogen-bond donors (Lipinski definition) is 3. The van der Waals surface area contributed by atoms with Crippen LogP contribution in [-0.2, 0) is 36.8 Å². The van der Waals surface area contributed by atoms with Crippen LogP contribution in [0.25, 0.3) is 0 Å². The molecule has 2 saturated heterocycles. The highest BCUT2D eigenvalue weighted by Gasteiger charge is 2.39. The van der Waals surface area contributed by atoms with E-state index in [1.165, 1.54) is 10.5 Å². The number of fused-ring (bicyclic) bond motifs is 1. The number of carbonyl (C=O) groups is 3. The highest BCUT2D eigenvalue weighted by atomic mass is 35.5. The summed E-state index contributed by atoms with van der Waals surface area (Å²) in [6.45, 7) is 2.97. The number of nitrogens with zero attached hydrogens (tertiary/aromatic N) is 2. The summed E-state index contributed by atoms with van der Waals surface area (Å²) >= 11 is 0. The van der Waals surface area contributed by atoms with E-state index in [4.69, 9.17) is 9.47 Å². The van der Waals surface area contributed by atoms with Crippen LogP contribution in [0.1, 0.15) is 11.1 Å². The van der Waals surface area contributed by atoms with Gasteiger partial charge in [0.05, 0.1) is 13.2 Å².